The quantitative estimate of drug-likeness (QED) is 0.810. The van der Waals surface area contributed by atoms with E-state index < -0.39 is 10.0 Å². The third kappa shape index (κ3) is 2.12. The molecule has 0 amide bonds. The molecule has 0 saturated carbocycles. The van der Waals surface area contributed by atoms with Crippen LogP contribution in [0.2, 0.25) is 5.02 Å². The predicted octanol–water partition coefficient (Wildman–Crippen LogP) is 0.996. The van der Waals surface area contributed by atoms with Crippen molar-refractivity contribution in [2.24, 2.45) is 5.14 Å². The molecule has 0 saturated heterocycles. The lowest BCUT2D eigenvalue weighted by Gasteiger charge is -2.07. The number of ether oxygens (including phenoxy) is 1. The van der Waals surface area contributed by atoms with E-state index in [1.807, 2.05) is 0 Å². The molecule has 0 atom stereocenters. The van der Waals surface area contributed by atoms with Gasteiger partial charge in [0.2, 0.25) is 10.0 Å². The van der Waals surface area contributed by atoms with Gasteiger partial charge in [0, 0.05) is 0 Å². The molecule has 1 rings (SSSR count). The number of hydrogen-bond acceptors (Lipinski definition) is 3. The Morgan fingerprint density at radius 2 is 2.08 bits per heavy atom. The molecule has 0 unspecified atom stereocenters. The van der Waals surface area contributed by atoms with Gasteiger partial charge in [-0.3, -0.25) is 0 Å². The number of sulfonamides is 1. The Balaban J connectivity index is 3.50. The van der Waals surface area contributed by atoms with Crippen LogP contribution in [0.5, 0.6) is 5.75 Å². The first-order chi connectivity index (χ1) is 5.96. The number of hydrogen-bond donors (Lipinski definition) is 1. The zero-order valence-corrected chi connectivity index (χ0v) is 8.39. The smallest absolute Gasteiger partial charge is 0.243 e. The minimum Gasteiger partial charge on any atom is -0.495 e. The van der Waals surface area contributed by atoms with E-state index in [0.717, 1.165) is 0 Å². The molecule has 0 bridgehead atoms. The summed E-state index contributed by atoms with van der Waals surface area (Å²) in [6.07, 6.45) is 0. The number of primary sulfonamides is 1. The number of nitrogens with two attached hydrogens (primary N) is 1. The van der Waals surface area contributed by atoms with Crippen molar-refractivity contribution in [1.82, 2.24) is 0 Å². The summed E-state index contributed by atoms with van der Waals surface area (Å²) in [5.41, 5.74) is 0. The van der Waals surface area contributed by atoms with E-state index in [2.05, 4.69) is 0 Å². The first-order valence-electron chi connectivity index (χ1n) is 3.32. The second kappa shape index (κ2) is 3.53. The van der Waals surface area contributed by atoms with Crippen LogP contribution in [-0.4, -0.2) is 15.5 Å². The van der Waals surface area contributed by atoms with Gasteiger partial charge in [0.05, 0.1) is 12.1 Å². The van der Waals surface area contributed by atoms with Crippen molar-refractivity contribution in [2.45, 2.75) is 4.90 Å². The maximum absolute atomic E-state index is 11.0. The highest BCUT2D eigenvalue weighted by molar-refractivity contribution is 7.89. The number of rotatable bonds is 2. The highest BCUT2D eigenvalue weighted by Gasteiger charge is 2.18. The van der Waals surface area contributed by atoms with Crippen LogP contribution in [0.4, 0.5) is 0 Å². The second-order valence-electron chi connectivity index (χ2n) is 2.32. The molecule has 0 aliphatic heterocycles. The SMILES string of the molecule is COc1cccc(Cl)c1S(N)(=O)=O. The third-order valence-electron chi connectivity index (χ3n) is 1.44. The Hall–Kier alpha value is -0.780. The molecule has 72 valence electrons. The first-order valence-corrected chi connectivity index (χ1v) is 5.24. The Morgan fingerprint density at radius 3 is 2.46 bits per heavy atom. The molecule has 0 aliphatic carbocycles. The largest absolute Gasteiger partial charge is 0.495 e. The van der Waals surface area contributed by atoms with Gasteiger partial charge in [-0.1, -0.05) is 17.7 Å². The number of halogens is 1. The lowest BCUT2D eigenvalue weighted by Crippen LogP contribution is -2.13. The van der Waals surface area contributed by atoms with Crippen LogP contribution in [0.3, 0.4) is 0 Å². The van der Waals surface area contributed by atoms with Crippen molar-refractivity contribution < 1.29 is 13.2 Å². The monoisotopic (exact) mass is 221 g/mol. The zero-order valence-electron chi connectivity index (χ0n) is 6.82. The molecule has 0 fully saturated rings. The van der Waals surface area contributed by atoms with Crippen LogP contribution in [-0.2, 0) is 10.0 Å². The maximum Gasteiger partial charge on any atom is 0.243 e. The van der Waals surface area contributed by atoms with Gasteiger partial charge in [-0.25, -0.2) is 13.6 Å². The Bertz CT molecular complexity index is 416. The maximum atomic E-state index is 11.0. The Morgan fingerprint density at radius 1 is 1.46 bits per heavy atom. The topological polar surface area (TPSA) is 69.4 Å². The molecule has 1 aromatic rings. The summed E-state index contributed by atoms with van der Waals surface area (Å²) in [4.78, 5) is -0.181. The van der Waals surface area contributed by atoms with Gasteiger partial charge < -0.3 is 4.74 Å². The van der Waals surface area contributed by atoms with Crippen molar-refractivity contribution in [3.8, 4) is 5.75 Å². The molecule has 2 N–H and O–H groups in total. The summed E-state index contributed by atoms with van der Waals surface area (Å²) in [5.74, 6) is 0.148. The lowest BCUT2D eigenvalue weighted by molar-refractivity contribution is 0.403. The number of methoxy groups -OCH3 is 1. The molecule has 1 aromatic carbocycles. The van der Waals surface area contributed by atoms with Crippen LogP contribution in [0.15, 0.2) is 23.1 Å². The standard InChI is InChI=1S/C7H8ClNO3S/c1-12-6-4-2-3-5(8)7(6)13(9,10)11/h2-4H,1H3,(H2,9,10,11). The molecule has 0 aliphatic rings. The van der Waals surface area contributed by atoms with Crippen LogP contribution < -0.4 is 9.88 Å². The minimum atomic E-state index is -3.83. The fraction of sp³-hybridized carbons (Fsp3) is 0.143. The normalized spacial score (nSPS) is 11.3. The highest BCUT2D eigenvalue weighted by atomic mass is 35.5. The van der Waals surface area contributed by atoms with Crippen molar-refractivity contribution in [3.63, 3.8) is 0 Å². The molecule has 0 spiro atoms. The fourth-order valence-corrected chi connectivity index (χ4v) is 2.19. The molecule has 0 radical (unpaired) electrons. The average Bonchev–Trinajstić information content (AvgIpc) is 2.01. The summed E-state index contributed by atoms with van der Waals surface area (Å²) in [5, 5.41) is 5.00. The minimum absolute atomic E-state index is 0.0573. The van der Waals surface area contributed by atoms with Crippen LogP contribution in [0.1, 0.15) is 0 Å². The van der Waals surface area contributed by atoms with E-state index in [-0.39, 0.29) is 15.7 Å². The van der Waals surface area contributed by atoms with Gasteiger partial charge in [0.15, 0.2) is 0 Å². The predicted molar refractivity (Wildman–Crippen MR) is 49.4 cm³/mol. The first kappa shape index (κ1) is 10.3. The van der Waals surface area contributed by atoms with E-state index >= 15 is 0 Å². The van der Waals surface area contributed by atoms with E-state index in [4.69, 9.17) is 21.5 Å². The van der Waals surface area contributed by atoms with E-state index in [9.17, 15) is 8.42 Å². The van der Waals surface area contributed by atoms with Crippen LogP contribution >= 0.6 is 11.6 Å². The summed E-state index contributed by atoms with van der Waals surface area (Å²) in [6, 6.07) is 4.49. The van der Waals surface area contributed by atoms with Gasteiger partial charge in [0.1, 0.15) is 10.6 Å². The van der Waals surface area contributed by atoms with Crippen molar-refractivity contribution in [3.05, 3.63) is 23.2 Å². The van der Waals surface area contributed by atoms with E-state index in [0.29, 0.717) is 0 Å². The van der Waals surface area contributed by atoms with Gasteiger partial charge in [0.25, 0.3) is 0 Å². The van der Waals surface area contributed by atoms with Crippen LogP contribution in [0.25, 0.3) is 0 Å². The van der Waals surface area contributed by atoms with E-state index in [1.54, 1.807) is 6.07 Å². The van der Waals surface area contributed by atoms with Gasteiger partial charge in [-0.05, 0) is 12.1 Å². The molecule has 0 aromatic heterocycles. The van der Waals surface area contributed by atoms with Crippen molar-refractivity contribution >= 4 is 21.6 Å². The third-order valence-corrected chi connectivity index (χ3v) is 2.85. The fourth-order valence-electron chi connectivity index (χ4n) is 0.926. The van der Waals surface area contributed by atoms with Gasteiger partial charge >= 0.3 is 0 Å². The van der Waals surface area contributed by atoms with Crippen molar-refractivity contribution in [2.75, 3.05) is 7.11 Å². The van der Waals surface area contributed by atoms with Crippen molar-refractivity contribution in [1.29, 1.82) is 0 Å². The lowest BCUT2D eigenvalue weighted by atomic mass is 10.3. The summed E-state index contributed by atoms with van der Waals surface area (Å²) < 4.78 is 26.9. The van der Waals surface area contributed by atoms with Crippen LogP contribution in [0, 0.1) is 0 Å². The average molecular weight is 222 g/mol. The summed E-state index contributed by atoms with van der Waals surface area (Å²) in [6.45, 7) is 0. The number of benzene rings is 1. The molecule has 13 heavy (non-hydrogen) atoms. The zero-order chi connectivity index (χ0) is 10.1. The molecular formula is C7H8ClNO3S. The van der Waals surface area contributed by atoms with Gasteiger partial charge in [-0.15, -0.1) is 0 Å². The Labute approximate surface area is 81.3 Å². The van der Waals surface area contributed by atoms with Gasteiger partial charge in [-0.2, -0.15) is 0 Å². The summed E-state index contributed by atoms with van der Waals surface area (Å²) in [7, 11) is -2.49. The molecular weight excluding hydrogens is 214 g/mol. The summed E-state index contributed by atoms with van der Waals surface area (Å²) >= 11 is 5.65. The molecule has 6 heteroatoms. The highest BCUT2D eigenvalue weighted by Crippen LogP contribution is 2.29. The molecule has 4 nitrogen and oxygen atoms in total. The van der Waals surface area contributed by atoms with E-state index in [1.165, 1.54) is 19.2 Å². The second-order valence-corrected chi connectivity index (χ2v) is 4.22. The molecule has 0 heterocycles. The Kier molecular flexibility index (Phi) is 2.80.